The highest BCUT2D eigenvalue weighted by Crippen LogP contribution is 2.34. The maximum absolute atomic E-state index is 11.4. The summed E-state index contributed by atoms with van der Waals surface area (Å²) in [6.45, 7) is 2.86. The number of carboxylic acids is 1. The van der Waals surface area contributed by atoms with Crippen LogP contribution < -0.4 is 5.73 Å². The zero-order chi connectivity index (χ0) is 16.8. The molecule has 2 aromatic heterocycles. The van der Waals surface area contributed by atoms with Crippen LogP contribution in [0.5, 0.6) is 0 Å². The van der Waals surface area contributed by atoms with Crippen LogP contribution in [0.4, 0.5) is 5.82 Å². The summed E-state index contributed by atoms with van der Waals surface area (Å²) in [6, 6.07) is 0. The summed E-state index contributed by atoms with van der Waals surface area (Å²) in [5.74, 6) is -2.41. The van der Waals surface area contributed by atoms with Crippen LogP contribution in [0.2, 0.25) is 0 Å². The number of aliphatic hydroxyl groups is 1. The number of hydrogen-bond acceptors (Lipinski definition) is 8. The van der Waals surface area contributed by atoms with Gasteiger partial charge in [0, 0.05) is 6.42 Å². The fraction of sp³-hybridized carbons (Fsp3) is 0.538. The van der Waals surface area contributed by atoms with Crippen LogP contribution >= 0.6 is 0 Å². The third-order valence-electron chi connectivity index (χ3n) is 3.46. The molecular formula is C13H17N5O5. The average molecular weight is 323 g/mol. The molecule has 1 saturated heterocycles. The van der Waals surface area contributed by atoms with E-state index in [0.717, 1.165) is 0 Å². The predicted octanol–water partition coefficient (Wildman–Crippen LogP) is -0.106. The van der Waals surface area contributed by atoms with E-state index in [1.54, 1.807) is 4.57 Å². The fourth-order valence-corrected chi connectivity index (χ4v) is 2.59. The molecular weight excluding hydrogens is 306 g/mol. The Balaban J connectivity index is 1.91. The van der Waals surface area contributed by atoms with Gasteiger partial charge in [-0.25, -0.2) is 19.7 Å². The van der Waals surface area contributed by atoms with Crippen molar-refractivity contribution in [1.29, 1.82) is 0 Å². The highest BCUT2D eigenvalue weighted by Gasteiger charge is 2.44. The molecule has 3 atom stereocenters. The highest BCUT2D eigenvalue weighted by atomic mass is 16.7. The topological polar surface area (TPSA) is 146 Å². The Morgan fingerprint density at radius 1 is 1.48 bits per heavy atom. The quantitative estimate of drug-likeness (QED) is 0.656. The number of carbonyl (C=O) groups is 1. The Morgan fingerprint density at radius 3 is 2.87 bits per heavy atom. The molecule has 0 spiro atoms. The number of imidazole rings is 1. The summed E-state index contributed by atoms with van der Waals surface area (Å²) >= 11 is 0. The van der Waals surface area contributed by atoms with Crippen LogP contribution in [0.15, 0.2) is 12.7 Å². The summed E-state index contributed by atoms with van der Waals surface area (Å²) in [6.07, 6.45) is 0.312. The van der Waals surface area contributed by atoms with Gasteiger partial charge < -0.3 is 25.4 Å². The first-order chi connectivity index (χ1) is 10.8. The summed E-state index contributed by atoms with van der Waals surface area (Å²) in [7, 11) is 0. The molecule has 3 unspecified atom stereocenters. The lowest BCUT2D eigenvalue weighted by Gasteiger charge is -2.24. The number of aliphatic carboxylic acids is 1. The lowest BCUT2D eigenvalue weighted by molar-refractivity contribution is -0.216. The molecule has 0 radical (unpaired) electrons. The predicted molar refractivity (Wildman–Crippen MR) is 77.1 cm³/mol. The van der Waals surface area contributed by atoms with Gasteiger partial charge in [0.25, 0.3) is 0 Å². The van der Waals surface area contributed by atoms with Gasteiger partial charge in [-0.1, -0.05) is 0 Å². The zero-order valence-corrected chi connectivity index (χ0v) is 12.6. The van der Waals surface area contributed by atoms with Gasteiger partial charge in [0.1, 0.15) is 24.2 Å². The van der Waals surface area contributed by atoms with Crippen molar-refractivity contribution >= 4 is 23.0 Å². The van der Waals surface area contributed by atoms with E-state index in [4.69, 9.17) is 15.2 Å². The number of hydrogen-bond donors (Lipinski definition) is 3. The third kappa shape index (κ3) is 2.96. The molecule has 1 aliphatic heterocycles. The lowest BCUT2D eigenvalue weighted by Crippen LogP contribution is -2.38. The SMILES string of the molecule is CC(C)(O)OC1CC(n2cnc3c(N)ncnc32)OC1C(=O)O. The van der Waals surface area contributed by atoms with E-state index in [1.165, 1.54) is 26.5 Å². The van der Waals surface area contributed by atoms with Gasteiger partial charge in [0.15, 0.2) is 23.4 Å². The van der Waals surface area contributed by atoms with Crippen molar-refractivity contribution in [2.24, 2.45) is 0 Å². The van der Waals surface area contributed by atoms with Crippen molar-refractivity contribution in [3.05, 3.63) is 12.7 Å². The second kappa shape index (κ2) is 5.41. The number of nitrogens with zero attached hydrogens (tertiary/aromatic N) is 4. The van der Waals surface area contributed by atoms with Gasteiger partial charge in [0.05, 0.1) is 6.33 Å². The molecule has 0 aliphatic carbocycles. The number of nitrogens with two attached hydrogens (primary N) is 1. The molecule has 10 nitrogen and oxygen atoms in total. The average Bonchev–Trinajstić information content (AvgIpc) is 3.01. The van der Waals surface area contributed by atoms with E-state index in [0.29, 0.717) is 11.2 Å². The van der Waals surface area contributed by atoms with Crippen LogP contribution in [-0.2, 0) is 14.3 Å². The maximum Gasteiger partial charge on any atom is 0.335 e. The standard InChI is InChI=1S/C13H17N5O5/c1-13(2,21)23-6-3-7(22-9(6)12(19)20)18-5-17-8-10(14)15-4-16-11(8)18/h4-7,9,21H,3H2,1-2H3,(H,19,20)(H2,14,15,16). The Bertz CT molecular complexity index is 740. The lowest BCUT2D eigenvalue weighted by atomic mass is 10.1. The molecule has 4 N–H and O–H groups in total. The second-order valence-corrected chi connectivity index (χ2v) is 5.77. The van der Waals surface area contributed by atoms with E-state index >= 15 is 0 Å². The number of rotatable bonds is 4. The summed E-state index contributed by atoms with van der Waals surface area (Å²) < 4.78 is 12.5. The third-order valence-corrected chi connectivity index (χ3v) is 3.46. The molecule has 0 amide bonds. The number of ether oxygens (including phenoxy) is 2. The van der Waals surface area contributed by atoms with E-state index in [2.05, 4.69) is 15.0 Å². The van der Waals surface area contributed by atoms with E-state index < -0.39 is 30.2 Å². The van der Waals surface area contributed by atoms with E-state index in [-0.39, 0.29) is 12.2 Å². The number of anilines is 1. The summed E-state index contributed by atoms with van der Waals surface area (Å²) in [5.41, 5.74) is 6.59. The minimum atomic E-state index is -1.47. The minimum absolute atomic E-state index is 0.219. The van der Waals surface area contributed by atoms with E-state index in [9.17, 15) is 15.0 Å². The van der Waals surface area contributed by atoms with Gasteiger partial charge in [-0.05, 0) is 13.8 Å². The Morgan fingerprint density at radius 2 is 2.22 bits per heavy atom. The smallest absolute Gasteiger partial charge is 0.335 e. The molecule has 2 aromatic rings. The second-order valence-electron chi connectivity index (χ2n) is 5.77. The van der Waals surface area contributed by atoms with Gasteiger partial charge in [0.2, 0.25) is 0 Å². The van der Waals surface area contributed by atoms with Crippen LogP contribution in [-0.4, -0.2) is 53.7 Å². The molecule has 3 heterocycles. The van der Waals surface area contributed by atoms with Crippen LogP contribution in [0, 0.1) is 0 Å². The number of fused-ring (bicyclic) bond motifs is 1. The van der Waals surface area contributed by atoms with Crippen molar-refractivity contribution in [2.75, 3.05) is 5.73 Å². The van der Waals surface area contributed by atoms with Crippen molar-refractivity contribution in [1.82, 2.24) is 19.5 Å². The van der Waals surface area contributed by atoms with Crippen molar-refractivity contribution < 1.29 is 24.5 Å². The normalized spacial score (nSPS) is 25.1. The fourth-order valence-electron chi connectivity index (χ4n) is 2.59. The molecule has 0 saturated carbocycles. The Labute approximate surface area is 130 Å². The minimum Gasteiger partial charge on any atom is -0.479 e. The van der Waals surface area contributed by atoms with Gasteiger partial charge in [-0.2, -0.15) is 0 Å². The molecule has 10 heteroatoms. The van der Waals surface area contributed by atoms with Gasteiger partial charge in [-0.3, -0.25) is 4.57 Å². The van der Waals surface area contributed by atoms with Crippen LogP contribution in [0.1, 0.15) is 26.5 Å². The first kappa shape index (κ1) is 15.6. The molecule has 124 valence electrons. The zero-order valence-electron chi connectivity index (χ0n) is 12.6. The molecule has 0 aromatic carbocycles. The monoisotopic (exact) mass is 323 g/mol. The summed E-state index contributed by atoms with van der Waals surface area (Å²) in [5, 5.41) is 19.1. The maximum atomic E-state index is 11.4. The largest absolute Gasteiger partial charge is 0.479 e. The Hall–Kier alpha value is -2.30. The molecule has 0 bridgehead atoms. The van der Waals surface area contributed by atoms with Crippen molar-refractivity contribution in [3.8, 4) is 0 Å². The molecule has 1 fully saturated rings. The number of aromatic nitrogens is 4. The highest BCUT2D eigenvalue weighted by molar-refractivity contribution is 5.81. The number of nitrogen functional groups attached to an aromatic ring is 1. The molecule has 23 heavy (non-hydrogen) atoms. The first-order valence-electron chi connectivity index (χ1n) is 6.98. The van der Waals surface area contributed by atoms with Crippen molar-refractivity contribution in [2.45, 2.75) is 44.5 Å². The summed E-state index contributed by atoms with van der Waals surface area (Å²) in [4.78, 5) is 23.5. The number of carboxylic acid groups (broad SMARTS) is 1. The van der Waals surface area contributed by atoms with E-state index in [1.807, 2.05) is 0 Å². The van der Waals surface area contributed by atoms with Crippen LogP contribution in [0.25, 0.3) is 11.2 Å². The Kier molecular flexibility index (Phi) is 3.66. The van der Waals surface area contributed by atoms with Crippen LogP contribution in [0.3, 0.4) is 0 Å². The molecule has 3 rings (SSSR count). The molecule has 1 aliphatic rings. The van der Waals surface area contributed by atoms with Gasteiger partial charge in [-0.15, -0.1) is 0 Å². The van der Waals surface area contributed by atoms with Gasteiger partial charge >= 0.3 is 5.97 Å². The van der Waals surface area contributed by atoms with Crippen molar-refractivity contribution in [3.63, 3.8) is 0 Å². The first-order valence-corrected chi connectivity index (χ1v) is 6.98.